The molecule has 1 amide bonds. The number of fused-ring (bicyclic) bond motifs is 1. The van der Waals surface area contributed by atoms with Gasteiger partial charge in [-0.1, -0.05) is 47.1 Å². The summed E-state index contributed by atoms with van der Waals surface area (Å²) in [5.41, 5.74) is 3.56. The fourth-order valence-corrected chi connectivity index (χ4v) is 2.85. The maximum absolute atomic E-state index is 12.4. The SMILES string of the molecule is Cc1ccc(Cn2nc(NC(=O)c3cc(C)on3)c3ccccc32)cc1. The molecule has 0 saturated heterocycles. The number of aryl methyl sites for hydroxylation is 2. The summed E-state index contributed by atoms with van der Waals surface area (Å²) in [6, 6.07) is 17.8. The average Bonchev–Trinajstić information content (AvgIpc) is 3.22. The minimum atomic E-state index is -0.340. The number of anilines is 1. The quantitative estimate of drug-likeness (QED) is 0.607. The Hall–Kier alpha value is -3.41. The van der Waals surface area contributed by atoms with Crippen LogP contribution in [0.4, 0.5) is 5.82 Å². The number of hydrogen-bond acceptors (Lipinski definition) is 4. The first-order valence-electron chi connectivity index (χ1n) is 8.36. The highest BCUT2D eigenvalue weighted by Crippen LogP contribution is 2.24. The van der Waals surface area contributed by atoms with Gasteiger partial charge in [0.25, 0.3) is 5.91 Å². The average molecular weight is 346 g/mol. The van der Waals surface area contributed by atoms with Gasteiger partial charge in [-0.15, -0.1) is 0 Å². The first-order chi connectivity index (χ1) is 12.6. The van der Waals surface area contributed by atoms with Gasteiger partial charge in [0, 0.05) is 11.5 Å². The number of hydrogen-bond donors (Lipinski definition) is 1. The Labute approximate surface area is 150 Å². The molecular formula is C20H18N4O2. The molecule has 6 nitrogen and oxygen atoms in total. The molecule has 26 heavy (non-hydrogen) atoms. The molecule has 6 heteroatoms. The molecule has 0 bridgehead atoms. The molecule has 4 rings (SSSR count). The van der Waals surface area contributed by atoms with Crippen molar-refractivity contribution in [3.63, 3.8) is 0 Å². The van der Waals surface area contributed by atoms with E-state index in [0.717, 1.165) is 16.5 Å². The summed E-state index contributed by atoms with van der Waals surface area (Å²) < 4.78 is 6.86. The highest BCUT2D eigenvalue weighted by molar-refractivity contribution is 6.06. The molecule has 0 aliphatic rings. The van der Waals surface area contributed by atoms with Crippen molar-refractivity contribution < 1.29 is 9.32 Å². The van der Waals surface area contributed by atoms with Gasteiger partial charge in [0.15, 0.2) is 11.5 Å². The van der Waals surface area contributed by atoms with Gasteiger partial charge in [0.1, 0.15) is 5.76 Å². The number of carbonyl (C=O) groups is 1. The maximum Gasteiger partial charge on any atom is 0.279 e. The Morgan fingerprint density at radius 1 is 1.12 bits per heavy atom. The molecule has 130 valence electrons. The van der Waals surface area contributed by atoms with E-state index in [4.69, 9.17) is 4.52 Å². The van der Waals surface area contributed by atoms with Crippen LogP contribution in [-0.2, 0) is 6.54 Å². The molecule has 0 atom stereocenters. The Bertz CT molecular complexity index is 1080. The Kier molecular flexibility index (Phi) is 4.01. The van der Waals surface area contributed by atoms with Crippen molar-refractivity contribution in [2.45, 2.75) is 20.4 Å². The second kappa shape index (κ2) is 6.48. The van der Waals surface area contributed by atoms with Crippen LogP contribution in [0.5, 0.6) is 0 Å². The minimum Gasteiger partial charge on any atom is -0.361 e. The Balaban J connectivity index is 1.67. The lowest BCUT2D eigenvalue weighted by Gasteiger charge is -2.04. The van der Waals surface area contributed by atoms with Crippen molar-refractivity contribution in [1.29, 1.82) is 0 Å². The lowest BCUT2D eigenvalue weighted by molar-refractivity contribution is 0.101. The molecule has 0 unspecified atom stereocenters. The van der Waals surface area contributed by atoms with Gasteiger partial charge in [0.2, 0.25) is 0 Å². The third-order valence-corrected chi connectivity index (χ3v) is 4.20. The third-order valence-electron chi connectivity index (χ3n) is 4.20. The molecule has 2 aromatic carbocycles. The predicted octanol–water partition coefficient (Wildman–Crippen LogP) is 3.94. The van der Waals surface area contributed by atoms with Crippen molar-refractivity contribution in [1.82, 2.24) is 14.9 Å². The van der Waals surface area contributed by atoms with Crippen molar-refractivity contribution in [3.05, 3.63) is 77.2 Å². The van der Waals surface area contributed by atoms with E-state index in [9.17, 15) is 4.79 Å². The van der Waals surface area contributed by atoms with Gasteiger partial charge in [0.05, 0.1) is 12.1 Å². The van der Waals surface area contributed by atoms with Crippen LogP contribution in [-0.4, -0.2) is 20.8 Å². The normalized spacial score (nSPS) is 11.0. The maximum atomic E-state index is 12.4. The Morgan fingerprint density at radius 3 is 2.62 bits per heavy atom. The van der Waals surface area contributed by atoms with E-state index in [-0.39, 0.29) is 11.6 Å². The van der Waals surface area contributed by atoms with Crippen LogP contribution in [0.2, 0.25) is 0 Å². The second-order valence-electron chi connectivity index (χ2n) is 6.29. The standard InChI is InChI=1S/C20H18N4O2/c1-13-7-9-15(10-8-13)12-24-18-6-4-3-5-16(18)19(22-24)21-20(25)17-11-14(2)26-23-17/h3-11H,12H2,1-2H3,(H,21,22,25). The number of aromatic nitrogens is 3. The van der Waals surface area contributed by atoms with Crippen LogP contribution in [0.1, 0.15) is 27.4 Å². The molecule has 0 spiro atoms. The van der Waals surface area contributed by atoms with Crippen molar-refractivity contribution in [2.75, 3.05) is 5.32 Å². The van der Waals surface area contributed by atoms with E-state index in [1.54, 1.807) is 13.0 Å². The molecular weight excluding hydrogens is 328 g/mol. The topological polar surface area (TPSA) is 73.0 Å². The number of amides is 1. The number of rotatable bonds is 4. The highest BCUT2D eigenvalue weighted by Gasteiger charge is 2.16. The van der Waals surface area contributed by atoms with Crippen LogP contribution in [0.15, 0.2) is 59.1 Å². The largest absolute Gasteiger partial charge is 0.361 e. The first-order valence-corrected chi connectivity index (χ1v) is 8.36. The molecule has 0 aliphatic heterocycles. The van der Waals surface area contributed by atoms with Gasteiger partial charge < -0.3 is 9.84 Å². The molecule has 0 radical (unpaired) electrons. The second-order valence-corrected chi connectivity index (χ2v) is 6.29. The van der Waals surface area contributed by atoms with Gasteiger partial charge in [-0.3, -0.25) is 9.48 Å². The molecule has 2 aromatic heterocycles. The van der Waals surface area contributed by atoms with Crippen LogP contribution in [0.3, 0.4) is 0 Å². The van der Waals surface area contributed by atoms with Gasteiger partial charge >= 0.3 is 0 Å². The summed E-state index contributed by atoms with van der Waals surface area (Å²) in [7, 11) is 0. The zero-order valence-corrected chi connectivity index (χ0v) is 14.6. The first kappa shape index (κ1) is 16.1. The van der Waals surface area contributed by atoms with Crippen molar-refractivity contribution in [3.8, 4) is 0 Å². The molecule has 0 aliphatic carbocycles. The summed E-state index contributed by atoms with van der Waals surface area (Å²) in [5, 5.41) is 12.1. The summed E-state index contributed by atoms with van der Waals surface area (Å²) in [5.74, 6) is 0.760. The summed E-state index contributed by atoms with van der Waals surface area (Å²) in [4.78, 5) is 12.4. The minimum absolute atomic E-state index is 0.236. The summed E-state index contributed by atoms with van der Waals surface area (Å²) >= 11 is 0. The monoisotopic (exact) mass is 346 g/mol. The number of nitrogens with zero attached hydrogens (tertiary/aromatic N) is 3. The fourth-order valence-electron chi connectivity index (χ4n) is 2.85. The summed E-state index contributed by atoms with van der Waals surface area (Å²) in [6.45, 7) is 4.43. The van der Waals surface area contributed by atoms with E-state index < -0.39 is 0 Å². The lowest BCUT2D eigenvalue weighted by atomic mass is 10.1. The van der Waals surface area contributed by atoms with Crippen molar-refractivity contribution in [2.24, 2.45) is 0 Å². The molecule has 2 heterocycles. The van der Waals surface area contributed by atoms with E-state index in [2.05, 4.69) is 46.8 Å². The number of carbonyl (C=O) groups excluding carboxylic acids is 1. The predicted molar refractivity (Wildman–Crippen MR) is 99.2 cm³/mol. The number of nitrogens with one attached hydrogen (secondary N) is 1. The number of para-hydroxylation sites is 1. The molecule has 0 fully saturated rings. The van der Waals surface area contributed by atoms with Gasteiger partial charge in [-0.25, -0.2) is 0 Å². The van der Waals surface area contributed by atoms with E-state index >= 15 is 0 Å². The van der Waals surface area contributed by atoms with Crippen LogP contribution in [0.25, 0.3) is 10.9 Å². The van der Waals surface area contributed by atoms with Crippen LogP contribution >= 0.6 is 0 Å². The van der Waals surface area contributed by atoms with E-state index in [1.165, 1.54) is 5.56 Å². The van der Waals surface area contributed by atoms with Crippen molar-refractivity contribution >= 4 is 22.6 Å². The van der Waals surface area contributed by atoms with Crippen LogP contribution in [0, 0.1) is 13.8 Å². The van der Waals surface area contributed by atoms with Gasteiger partial charge in [-0.2, -0.15) is 5.10 Å². The summed E-state index contributed by atoms with van der Waals surface area (Å²) in [6.07, 6.45) is 0. The van der Waals surface area contributed by atoms with Crippen LogP contribution < -0.4 is 5.32 Å². The van der Waals surface area contributed by atoms with Gasteiger partial charge in [-0.05, 0) is 31.5 Å². The molecule has 1 N–H and O–H groups in total. The molecule has 4 aromatic rings. The smallest absolute Gasteiger partial charge is 0.279 e. The highest BCUT2D eigenvalue weighted by atomic mass is 16.5. The zero-order valence-electron chi connectivity index (χ0n) is 14.6. The van der Waals surface area contributed by atoms with E-state index in [1.807, 2.05) is 28.9 Å². The number of benzene rings is 2. The third kappa shape index (κ3) is 3.09. The molecule has 0 saturated carbocycles. The van der Waals surface area contributed by atoms with E-state index in [0.29, 0.717) is 18.1 Å². The zero-order chi connectivity index (χ0) is 18.1. The fraction of sp³-hybridized carbons (Fsp3) is 0.150. The Morgan fingerprint density at radius 2 is 1.88 bits per heavy atom. The lowest BCUT2D eigenvalue weighted by Crippen LogP contribution is -2.13.